The topological polar surface area (TPSA) is 93.9 Å². The van der Waals surface area contributed by atoms with Crippen LogP contribution < -0.4 is 5.32 Å². The van der Waals surface area contributed by atoms with Gasteiger partial charge in [-0.1, -0.05) is 11.2 Å². The summed E-state index contributed by atoms with van der Waals surface area (Å²) in [6, 6.07) is 5.80. The zero-order chi connectivity index (χ0) is 21.2. The van der Waals surface area contributed by atoms with Gasteiger partial charge in [-0.05, 0) is 51.0 Å². The molecule has 0 saturated heterocycles. The van der Waals surface area contributed by atoms with Crippen molar-refractivity contribution in [3.8, 4) is 11.1 Å². The van der Waals surface area contributed by atoms with Gasteiger partial charge in [0.1, 0.15) is 17.1 Å². The molecule has 8 nitrogen and oxygen atoms in total. The molecule has 1 aromatic carbocycles. The van der Waals surface area contributed by atoms with E-state index in [1.165, 1.54) is 4.90 Å². The van der Waals surface area contributed by atoms with Gasteiger partial charge in [0, 0.05) is 24.8 Å². The van der Waals surface area contributed by atoms with Crippen LogP contribution in [0.5, 0.6) is 0 Å². The van der Waals surface area contributed by atoms with E-state index in [4.69, 9.17) is 14.0 Å². The number of hydrogen-bond donors (Lipinski definition) is 1. The molecule has 2 aromatic rings. The van der Waals surface area contributed by atoms with Gasteiger partial charge in [-0.15, -0.1) is 0 Å². The van der Waals surface area contributed by atoms with Gasteiger partial charge < -0.3 is 24.2 Å². The Morgan fingerprint density at radius 1 is 1.34 bits per heavy atom. The Labute approximate surface area is 170 Å². The zero-order valence-electron chi connectivity index (χ0n) is 17.5. The molecule has 1 N–H and O–H groups in total. The van der Waals surface area contributed by atoms with E-state index in [0.717, 1.165) is 22.4 Å². The molecule has 0 fully saturated rings. The van der Waals surface area contributed by atoms with Gasteiger partial charge in [0.15, 0.2) is 0 Å². The van der Waals surface area contributed by atoms with Crippen molar-refractivity contribution in [2.75, 3.05) is 25.5 Å². The molecule has 0 aliphatic carbocycles. The molecule has 29 heavy (non-hydrogen) atoms. The lowest BCUT2D eigenvalue weighted by molar-refractivity contribution is -0.115. The number of carbonyl (C=O) groups excluding carboxylic acids is 2. The van der Waals surface area contributed by atoms with Crippen molar-refractivity contribution in [3.63, 3.8) is 0 Å². The molecule has 2 amide bonds. The van der Waals surface area contributed by atoms with E-state index in [2.05, 4.69) is 10.5 Å². The summed E-state index contributed by atoms with van der Waals surface area (Å²) < 4.78 is 16.4. The molecule has 156 valence electrons. The molecule has 8 heteroatoms. The van der Waals surface area contributed by atoms with Crippen molar-refractivity contribution in [1.82, 2.24) is 10.1 Å². The first-order valence-electron chi connectivity index (χ1n) is 9.54. The van der Waals surface area contributed by atoms with Crippen molar-refractivity contribution >= 4 is 17.7 Å². The van der Waals surface area contributed by atoms with Crippen LogP contribution in [-0.4, -0.2) is 47.9 Å². The Bertz CT molecular complexity index is 914. The van der Waals surface area contributed by atoms with E-state index >= 15 is 0 Å². The molecule has 0 saturated carbocycles. The molecule has 0 radical (unpaired) electrons. The highest BCUT2D eigenvalue weighted by Crippen LogP contribution is 2.33. The van der Waals surface area contributed by atoms with Crippen LogP contribution in [0.15, 0.2) is 22.7 Å². The third-order valence-electron chi connectivity index (χ3n) is 4.47. The lowest BCUT2D eigenvalue weighted by Crippen LogP contribution is -2.36. The molecule has 0 bridgehead atoms. The Morgan fingerprint density at radius 2 is 2.10 bits per heavy atom. The second kappa shape index (κ2) is 8.24. The third-order valence-corrected chi connectivity index (χ3v) is 4.47. The number of amides is 2. The Hall–Kier alpha value is -2.87. The van der Waals surface area contributed by atoms with Crippen LogP contribution in [0.2, 0.25) is 0 Å². The summed E-state index contributed by atoms with van der Waals surface area (Å²) in [5.41, 5.74) is 3.75. The molecule has 1 aliphatic rings. The standard InChI is InChI=1S/C21H27N3O5/c1-13-19(14-6-7-16-15(10-14)11-18(25)22-16)17(23-29-13)12-27-9-8-24(5)20(26)28-21(2,3)4/h6-7,10H,8-9,11-12H2,1-5H3,(H,22,25). The first kappa shape index (κ1) is 20.9. The largest absolute Gasteiger partial charge is 0.444 e. The number of carbonyl (C=O) groups is 2. The van der Waals surface area contributed by atoms with Crippen molar-refractivity contribution < 1.29 is 23.6 Å². The van der Waals surface area contributed by atoms with Crippen LogP contribution in [0.4, 0.5) is 10.5 Å². The van der Waals surface area contributed by atoms with Crippen LogP contribution in [0.25, 0.3) is 11.1 Å². The van der Waals surface area contributed by atoms with E-state index < -0.39 is 5.60 Å². The minimum Gasteiger partial charge on any atom is -0.444 e. The fraction of sp³-hybridized carbons (Fsp3) is 0.476. The average molecular weight is 401 g/mol. The van der Waals surface area contributed by atoms with E-state index in [0.29, 0.717) is 31.0 Å². The normalized spacial score (nSPS) is 13.2. The molecule has 1 aliphatic heterocycles. The Kier molecular flexibility index (Phi) is 5.93. The summed E-state index contributed by atoms with van der Waals surface area (Å²) >= 11 is 0. The van der Waals surface area contributed by atoms with Gasteiger partial charge in [-0.25, -0.2) is 4.79 Å². The maximum absolute atomic E-state index is 12.0. The number of nitrogens with zero attached hydrogens (tertiary/aromatic N) is 2. The molecule has 3 rings (SSSR count). The minimum atomic E-state index is -0.532. The highest BCUT2D eigenvalue weighted by atomic mass is 16.6. The predicted octanol–water partition coefficient (Wildman–Crippen LogP) is 3.53. The number of benzene rings is 1. The Morgan fingerprint density at radius 3 is 2.83 bits per heavy atom. The minimum absolute atomic E-state index is 0.00291. The second-order valence-electron chi connectivity index (χ2n) is 8.11. The molecule has 0 spiro atoms. The smallest absolute Gasteiger partial charge is 0.410 e. The average Bonchev–Trinajstić information content (AvgIpc) is 3.17. The summed E-state index contributed by atoms with van der Waals surface area (Å²) in [5.74, 6) is 0.684. The molecule has 2 heterocycles. The van der Waals surface area contributed by atoms with E-state index in [1.54, 1.807) is 7.05 Å². The number of aromatic nitrogens is 1. The van der Waals surface area contributed by atoms with E-state index in [9.17, 15) is 9.59 Å². The number of ether oxygens (including phenoxy) is 2. The van der Waals surface area contributed by atoms with Crippen LogP contribution in [0.3, 0.4) is 0 Å². The highest BCUT2D eigenvalue weighted by molar-refractivity contribution is 5.99. The lowest BCUT2D eigenvalue weighted by atomic mass is 10.0. The molecule has 0 unspecified atom stereocenters. The maximum atomic E-state index is 12.0. The van der Waals surface area contributed by atoms with Gasteiger partial charge in [-0.3, -0.25) is 4.79 Å². The Balaban J connectivity index is 1.59. The summed E-state index contributed by atoms with van der Waals surface area (Å²) in [7, 11) is 1.67. The first-order valence-corrected chi connectivity index (χ1v) is 9.54. The molecule has 1 aromatic heterocycles. The van der Waals surface area contributed by atoms with Crippen LogP contribution in [0, 0.1) is 6.92 Å². The van der Waals surface area contributed by atoms with Gasteiger partial charge in [0.25, 0.3) is 0 Å². The summed E-state index contributed by atoms with van der Waals surface area (Å²) in [5, 5.41) is 6.94. The summed E-state index contributed by atoms with van der Waals surface area (Å²) in [4.78, 5) is 25.0. The lowest BCUT2D eigenvalue weighted by Gasteiger charge is -2.24. The quantitative estimate of drug-likeness (QED) is 0.744. The first-order chi connectivity index (χ1) is 13.6. The van der Waals surface area contributed by atoms with Crippen LogP contribution in [0.1, 0.15) is 37.8 Å². The number of rotatable bonds is 6. The van der Waals surface area contributed by atoms with Crippen LogP contribution in [-0.2, 0) is 27.3 Å². The maximum Gasteiger partial charge on any atom is 0.410 e. The van der Waals surface area contributed by atoms with Gasteiger partial charge in [-0.2, -0.15) is 0 Å². The zero-order valence-corrected chi connectivity index (χ0v) is 17.5. The molecule has 0 atom stereocenters. The summed E-state index contributed by atoms with van der Waals surface area (Å²) in [6.07, 6.45) is -0.0172. The summed E-state index contributed by atoms with van der Waals surface area (Å²) in [6.45, 7) is 8.32. The fourth-order valence-corrected chi connectivity index (χ4v) is 3.07. The number of aryl methyl sites for hydroxylation is 1. The fourth-order valence-electron chi connectivity index (χ4n) is 3.07. The van der Waals surface area contributed by atoms with Gasteiger partial charge in [0.05, 0.1) is 19.6 Å². The number of nitrogens with one attached hydrogen (secondary N) is 1. The molecular weight excluding hydrogens is 374 g/mol. The van der Waals surface area contributed by atoms with Crippen molar-refractivity contribution in [1.29, 1.82) is 0 Å². The van der Waals surface area contributed by atoms with Crippen molar-refractivity contribution in [2.45, 2.75) is 46.3 Å². The number of hydrogen-bond acceptors (Lipinski definition) is 6. The van der Waals surface area contributed by atoms with E-state index in [1.807, 2.05) is 45.9 Å². The second-order valence-corrected chi connectivity index (χ2v) is 8.11. The number of anilines is 1. The SMILES string of the molecule is Cc1onc(COCCN(C)C(=O)OC(C)(C)C)c1-c1ccc2c(c1)CC(=O)N2. The van der Waals surface area contributed by atoms with Crippen molar-refractivity contribution in [2.24, 2.45) is 0 Å². The predicted molar refractivity (Wildman–Crippen MR) is 108 cm³/mol. The van der Waals surface area contributed by atoms with Gasteiger partial charge >= 0.3 is 6.09 Å². The van der Waals surface area contributed by atoms with Crippen LogP contribution >= 0.6 is 0 Å². The van der Waals surface area contributed by atoms with E-state index in [-0.39, 0.29) is 18.6 Å². The monoisotopic (exact) mass is 401 g/mol. The number of fused-ring (bicyclic) bond motifs is 1. The van der Waals surface area contributed by atoms with Crippen molar-refractivity contribution in [3.05, 3.63) is 35.2 Å². The number of likely N-dealkylation sites (N-methyl/N-ethyl adjacent to an activating group) is 1. The molecular formula is C21H27N3O5. The third kappa shape index (κ3) is 5.14. The highest BCUT2D eigenvalue weighted by Gasteiger charge is 2.22. The van der Waals surface area contributed by atoms with Gasteiger partial charge in [0.2, 0.25) is 5.91 Å².